The van der Waals surface area contributed by atoms with Crippen molar-refractivity contribution >= 4 is 21.8 Å². The lowest BCUT2D eigenvalue weighted by Gasteiger charge is -2.39. The highest BCUT2D eigenvalue weighted by molar-refractivity contribution is 9.10. The number of benzene rings is 1. The SMILES string of the molecule is Cc1cc(Br)cc(C(=O)N2C(C)CNCC2C)c1. The molecule has 1 N–H and O–H groups in total. The number of nitrogens with one attached hydrogen (secondary N) is 1. The minimum absolute atomic E-state index is 0.126. The van der Waals surface area contributed by atoms with Gasteiger partial charge in [-0.2, -0.15) is 0 Å². The summed E-state index contributed by atoms with van der Waals surface area (Å²) in [5.74, 6) is 0.126. The van der Waals surface area contributed by atoms with Crippen molar-refractivity contribution in [1.29, 1.82) is 0 Å². The zero-order valence-corrected chi connectivity index (χ0v) is 12.6. The third kappa shape index (κ3) is 2.75. The number of hydrogen-bond acceptors (Lipinski definition) is 2. The fourth-order valence-corrected chi connectivity index (χ4v) is 3.15. The van der Waals surface area contributed by atoms with Gasteiger partial charge in [0.15, 0.2) is 0 Å². The van der Waals surface area contributed by atoms with E-state index in [9.17, 15) is 4.79 Å². The van der Waals surface area contributed by atoms with E-state index >= 15 is 0 Å². The van der Waals surface area contributed by atoms with Gasteiger partial charge in [0.2, 0.25) is 0 Å². The number of nitrogens with zero attached hydrogens (tertiary/aromatic N) is 1. The molecule has 0 bridgehead atoms. The summed E-state index contributed by atoms with van der Waals surface area (Å²) in [5, 5.41) is 3.34. The summed E-state index contributed by atoms with van der Waals surface area (Å²) >= 11 is 3.45. The molecule has 1 fully saturated rings. The normalized spacial score (nSPS) is 24.1. The molecule has 1 aromatic carbocycles. The summed E-state index contributed by atoms with van der Waals surface area (Å²) < 4.78 is 0.960. The molecule has 1 aliphatic heterocycles. The van der Waals surface area contributed by atoms with E-state index in [4.69, 9.17) is 0 Å². The van der Waals surface area contributed by atoms with Gasteiger partial charge in [-0.1, -0.05) is 15.9 Å². The molecule has 1 amide bonds. The van der Waals surface area contributed by atoms with Crippen LogP contribution in [0.2, 0.25) is 0 Å². The van der Waals surface area contributed by atoms with Crippen molar-refractivity contribution in [2.45, 2.75) is 32.9 Å². The number of piperazine rings is 1. The molecule has 2 atom stereocenters. The van der Waals surface area contributed by atoms with E-state index in [1.54, 1.807) is 0 Å². The van der Waals surface area contributed by atoms with Gasteiger partial charge in [0.05, 0.1) is 0 Å². The number of carbonyl (C=O) groups excluding carboxylic acids is 1. The maximum atomic E-state index is 12.6. The first-order chi connectivity index (χ1) is 8.49. The van der Waals surface area contributed by atoms with E-state index in [2.05, 4.69) is 35.1 Å². The second-order valence-corrected chi connectivity index (χ2v) is 6.00. The average Bonchev–Trinajstić information content (AvgIpc) is 2.27. The summed E-state index contributed by atoms with van der Waals surface area (Å²) in [5.41, 5.74) is 1.87. The number of aryl methyl sites for hydroxylation is 1. The van der Waals surface area contributed by atoms with Crippen LogP contribution < -0.4 is 5.32 Å². The Hall–Kier alpha value is -0.870. The van der Waals surface area contributed by atoms with Crippen molar-refractivity contribution in [1.82, 2.24) is 10.2 Å². The Bertz CT molecular complexity index is 431. The second kappa shape index (κ2) is 5.41. The van der Waals surface area contributed by atoms with E-state index < -0.39 is 0 Å². The number of rotatable bonds is 1. The van der Waals surface area contributed by atoms with E-state index in [1.807, 2.05) is 30.0 Å². The van der Waals surface area contributed by atoms with Crippen molar-refractivity contribution in [2.24, 2.45) is 0 Å². The topological polar surface area (TPSA) is 32.3 Å². The van der Waals surface area contributed by atoms with Gasteiger partial charge >= 0.3 is 0 Å². The van der Waals surface area contributed by atoms with E-state index in [-0.39, 0.29) is 18.0 Å². The highest BCUT2D eigenvalue weighted by atomic mass is 79.9. The minimum Gasteiger partial charge on any atom is -0.331 e. The molecular formula is C14H19BrN2O. The number of hydrogen-bond donors (Lipinski definition) is 1. The summed E-state index contributed by atoms with van der Waals surface area (Å²) in [6.07, 6.45) is 0. The highest BCUT2D eigenvalue weighted by Gasteiger charge is 2.29. The molecule has 1 aromatic rings. The largest absolute Gasteiger partial charge is 0.331 e. The molecular weight excluding hydrogens is 292 g/mol. The molecule has 4 heteroatoms. The monoisotopic (exact) mass is 310 g/mol. The molecule has 98 valence electrons. The summed E-state index contributed by atoms with van der Waals surface area (Å²) in [6, 6.07) is 6.34. The molecule has 1 saturated heterocycles. The molecule has 1 heterocycles. The standard InChI is InChI=1S/C14H19BrN2O/c1-9-4-12(6-13(15)5-9)14(18)17-10(2)7-16-8-11(17)3/h4-6,10-11,16H,7-8H2,1-3H3. The third-order valence-corrected chi connectivity index (χ3v) is 3.81. The van der Waals surface area contributed by atoms with Gasteiger partial charge in [-0.25, -0.2) is 0 Å². The zero-order valence-electron chi connectivity index (χ0n) is 11.0. The molecule has 2 unspecified atom stereocenters. The van der Waals surface area contributed by atoms with Crippen molar-refractivity contribution in [3.05, 3.63) is 33.8 Å². The van der Waals surface area contributed by atoms with Crippen LogP contribution in [0.15, 0.2) is 22.7 Å². The molecule has 1 aliphatic rings. The quantitative estimate of drug-likeness (QED) is 0.864. The Morgan fingerprint density at radius 3 is 2.44 bits per heavy atom. The van der Waals surface area contributed by atoms with Crippen LogP contribution in [0, 0.1) is 6.92 Å². The molecule has 0 saturated carbocycles. The fraction of sp³-hybridized carbons (Fsp3) is 0.500. The minimum atomic E-state index is 0.126. The molecule has 0 aliphatic carbocycles. The Kier molecular flexibility index (Phi) is 4.07. The highest BCUT2D eigenvalue weighted by Crippen LogP contribution is 2.20. The van der Waals surface area contributed by atoms with Crippen LogP contribution in [0.1, 0.15) is 29.8 Å². The van der Waals surface area contributed by atoms with Crippen LogP contribution in [0.3, 0.4) is 0 Å². The molecule has 2 rings (SSSR count). The molecule has 0 radical (unpaired) electrons. The molecule has 0 spiro atoms. The Labute approximate surface area is 117 Å². The van der Waals surface area contributed by atoms with E-state index in [0.29, 0.717) is 0 Å². The van der Waals surface area contributed by atoms with Gasteiger partial charge in [-0.3, -0.25) is 4.79 Å². The van der Waals surface area contributed by atoms with Crippen LogP contribution in [0.25, 0.3) is 0 Å². The first-order valence-electron chi connectivity index (χ1n) is 6.29. The predicted molar refractivity (Wildman–Crippen MR) is 76.8 cm³/mol. The average molecular weight is 311 g/mol. The van der Waals surface area contributed by atoms with Crippen LogP contribution in [-0.2, 0) is 0 Å². The Morgan fingerprint density at radius 2 is 1.89 bits per heavy atom. The third-order valence-electron chi connectivity index (χ3n) is 3.35. The van der Waals surface area contributed by atoms with Gasteiger partial charge in [0.25, 0.3) is 5.91 Å². The Morgan fingerprint density at radius 1 is 1.28 bits per heavy atom. The fourth-order valence-electron chi connectivity index (χ4n) is 2.54. The first-order valence-corrected chi connectivity index (χ1v) is 7.09. The summed E-state index contributed by atoms with van der Waals surface area (Å²) in [4.78, 5) is 14.6. The summed E-state index contributed by atoms with van der Waals surface area (Å²) in [7, 11) is 0. The zero-order chi connectivity index (χ0) is 13.3. The van der Waals surface area contributed by atoms with Crippen molar-refractivity contribution < 1.29 is 4.79 Å². The van der Waals surface area contributed by atoms with Crippen molar-refractivity contribution in [3.8, 4) is 0 Å². The van der Waals surface area contributed by atoms with Gasteiger partial charge in [0.1, 0.15) is 0 Å². The Balaban J connectivity index is 2.29. The number of carbonyl (C=O) groups is 1. The smallest absolute Gasteiger partial charge is 0.254 e. The van der Waals surface area contributed by atoms with Crippen LogP contribution in [0.5, 0.6) is 0 Å². The van der Waals surface area contributed by atoms with Crippen LogP contribution in [-0.4, -0.2) is 36.0 Å². The second-order valence-electron chi connectivity index (χ2n) is 5.09. The lowest BCUT2D eigenvalue weighted by molar-refractivity contribution is 0.0544. The van der Waals surface area contributed by atoms with Crippen molar-refractivity contribution in [3.63, 3.8) is 0 Å². The van der Waals surface area contributed by atoms with Gasteiger partial charge in [-0.05, 0) is 44.5 Å². The van der Waals surface area contributed by atoms with Gasteiger partial charge < -0.3 is 10.2 Å². The maximum absolute atomic E-state index is 12.6. The predicted octanol–water partition coefficient (Wildman–Crippen LogP) is 2.58. The number of amides is 1. The number of halogens is 1. The van der Waals surface area contributed by atoms with E-state index in [1.165, 1.54) is 0 Å². The van der Waals surface area contributed by atoms with Crippen LogP contribution in [0.4, 0.5) is 0 Å². The lowest BCUT2D eigenvalue weighted by Crippen LogP contribution is -2.57. The molecule has 18 heavy (non-hydrogen) atoms. The van der Waals surface area contributed by atoms with Gasteiger partial charge in [-0.15, -0.1) is 0 Å². The lowest BCUT2D eigenvalue weighted by atomic mass is 10.1. The molecule has 3 nitrogen and oxygen atoms in total. The van der Waals surface area contributed by atoms with Crippen molar-refractivity contribution in [2.75, 3.05) is 13.1 Å². The van der Waals surface area contributed by atoms with Gasteiger partial charge in [0, 0.05) is 35.2 Å². The van der Waals surface area contributed by atoms with Crippen LogP contribution >= 0.6 is 15.9 Å². The first kappa shape index (κ1) is 13.6. The summed E-state index contributed by atoms with van der Waals surface area (Å²) in [6.45, 7) is 7.91. The van der Waals surface area contributed by atoms with E-state index in [0.717, 1.165) is 28.7 Å². The molecule has 0 aromatic heterocycles. The maximum Gasteiger partial charge on any atom is 0.254 e.